The minimum Gasteiger partial charge on any atom is -0.370 e. The van der Waals surface area contributed by atoms with E-state index in [1.54, 1.807) is 12.3 Å². The van der Waals surface area contributed by atoms with Crippen molar-refractivity contribution in [2.75, 3.05) is 24.5 Å². The van der Waals surface area contributed by atoms with Gasteiger partial charge in [0.2, 0.25) is 0 Å². The van der Waals surface area contributed by atoms with Gasteiger partial charge in [0.1, 0.15) is 11.8 Å². The van der Waals surface area contributed by atoms with E-state index >= 15 is 0 Å². The molecule has 4 heteroatoms. The minimum atomic E-state index is 0.466. The number of aromatic nitrogens is 1. The van der Waals surface area contributed by atoms with Crippen molar-refractivity contribution in [1.82, 2.24) is 4.98 Å². The van der Waals surface area contributed by atoms with Crippen LogP contribution in [0.15, 0.2) is 18.3 Å². The van der Waals surface area contributed by atoms with Gasteiger partial charge in [0.15, 0.2) is 0 Å². The largest absolute Gasteiger partial charge is 0.370 e. The van der Waals surface area contributed by atoms with E-state index in [1.165, 1.54) is 0 Å². The molecule has 0 saturated carbocycles. The zero-order valence-corrected chi connectivity index (χ0v) is 8.56. The summed E-state index contributed by atoms with van der Waals surface area (Å²) in [6, 6.07) is 5.72. The number of hydrogen-bond donors (Lipinski definition) is 1. The molecule has 0 aliphatic carbocycles. The van der Waals surface area contributed by atoms with Crippen LogP contribution < -0.4 is 10.6 Å². The quantitative estimate of drug-likeness (QED) is 0.768. The lowest BCUT2D eigenvalue weighted by Gasteiger charge is -2.17. The van der Waals surface area contributed by atoms with Gasteiger partial charge in [0.05, 0.1) is 11.9 Å². The Hall–Kier alpha value is -1.60. The Kier molecular flexibility index (Phi) is 2.84. The molecule has 2 N–H and O–H groups in total. The van der Waals surface area contributed by atoms with Crippen molar-refractivity contribution in [3.8, 4) is 6.07 Å². The summed E-state index contributed by atoms with van der Waals surface area (Å²) in [6.07, 6.45) is 2.91. The van der Waals surface area contributed by atoms with Gasteiger partial charge < -0.3 is 10.6 Å². The van der Waals surface area contributed by atoms with Gasteiger partial charge in [-0.1, -0.05) is 0 Å². The molecule has 78 valence electrons. The van der Waals surface area contributed by atoms with Crippen LogP contribution in [0.3, 0.4) is 0 Å². The van der Waals surface area contributed by atoms with Gasteiger partial charge >= 0.3 is 0 Å². The van der Waals surface area contributed by atoms with E-state index in [-0.39, 0.29) is 0 Å². The standard InChI is InChI=1S/C11H14N4/c12-5-9-3-4-15(8-9)11-2-1-10(6-13)14-7-11/h1-2,7,9H,3-5,8,12H2. The van der Waals surface area contributed by atoms with Gasteiger partial charge in [0.25, 0.3) is 0 Å². The molecule has 1 saturated heterocycles. The predicted octanol–water partition coefficient (Wildman–Crippen LogP) is 0.738. The Morgan fingerprint density at radius 3 is 3.00 bits per heavy atom. The monoisotopic (exact) mass is 202 g/mol. The molecule has 2 rings (SSSR count). The Balaban J connectivity index is 2.08. The second kappa shape index (κ2) is 4.28. The minimum absolute atomic E-state index is 0.466. The van der Waals surface area contributed by atoms with Crippen molar-refractivity contribution < 1.29 is 0 Å². The molecule has 0 spiro atoms. The van der Waals surface area contributed by atoms with Crippen molar-refractivity contribution in [3.05, 3.63) is 24.0 Å². The number of anilines is 1. The lowest BCUT2D eigenvalue weighted by atomic mass is 10.1. The molecule has 0 bridgehead atoms. The summed E-state index contributed by atoms with van der Waals surface area (Å²) in [6.45, 7) is 2.79. The molecular formula is C11H14N4. The zero-order valence-electron chi connectivity index (χ0n) is 8.56. The van der Waals surface area contributed by atoms with E-state index < -0.39 is 0 Å². The van der Waals surface area contributed by atoms with Crippen molar-refractivity contribution in [2.24, 2.45) is 11.7 Å². The van der Waals surface area contributed by atoms with Crippen LogP contribution in [-0.4, -0.2) is 24.6 Å². The third kappa shape index (κ3) is 2.08. The smallest absolute Gasteiger partial charge is 0.140 e. The highest BCUT2D eigenvalue weighted by atomic mass is 15.2. The van der Waals surface area contributed by atoms with Crippen molar-refractivity contribution in [1.29, 1.82) is 5.26 Å². The van der Waals surface area contributed by atoms with Gasteiger partial charge in [-0.05, 0) is 31.0 Å². The topological polar surface area (TPSA) is 65.9 Å². The number of rotatable bonds is 2. The molecule has 15 heavy (non-hydrogen) atoms. The third-order valence-corrected chi connectivity index (χ3v) is 2.85. The van der Waals surface area contributed by atoms with Crippen LogP contribution >= 0.6 is 0 Å². The average molecular weight is 202 g/mol. The Morgan fingerprint density at radius 2 is 2.47 bits per heavy atom. The fourth-order valence-corrected chi connectivity index (χ4v) is 1.90. The first kappa shape index (κ1) is 9.94. The van der Waals surface area contributed by atoms with Gasteiger partial charge in [-0.2, -0.15) is 5.26 Å². The lowest BCUT2D eigenvalue weighted by molar-refractivity contribution is 0.602. The second-order valence-corrected chi connectivity index (χ2v) is 3.85. The molecule has 1 unspecified atom stereocenters. The van der Waals surface area contributed by atoms with Crippen molar-refractivity contribution in [2.45, 2.75) is 6.42 Å². The van der Waals surface area contributed by atoms with Crippen molar-refractivity contribution >= 4 is 5.69 Å². The highest BCUT2D eigenvalue weighted by Crippen LogP contribution is 2.22. The molecule has 1 aromatic rings. The van der Waals surface area contributed by atoms with Crippen LogP contribution in [0.2, 0.25) is 0 Å². The second-order valence-electron chi connectivity index (χ2n) is 3.85. The van der Waals surface area contributed by atoms with Crippen LogP contribution in [0, 0.1) is 17.2 Å². The molecule has 2 heterocycles. The molecule has 0 radical (unpaired) electrons. The van der Waals surface area contributed by atoms with E-state index in [2.05, 4.69) is 9.88 Å². The molecule has 0 aromatic carbocycles. The first-order valence-electron chi connectivity index (χ1n) is 5.14. The first-order valence-corrected chi connectivity index (χ1v) is 5.14. The van der Waals surface area contributed by atoms with Crippen LogP contribution in [0.4, 0.5) is 5.69 Å². The number of nitriles is 1. The molecule has 1 fully saturated rings. The number of pyridine rings is 1. The summed E-state index contributed by atoms with van der Waals surface area (Å²) in [7, 11) is 0. The fourth-order valence-electron chi connectivity index (χ4n) is 1.90. The SMILES string of the molecule is N#Cc1ccc(N2CCC(CN)C2)cn1. The van der Waals surface area contributed by atoms with Gasteiger partial charge in [0, 0.05) is 13.1 Å². The molecule has 1 atom stereocenters. The number of hydrogen-bond acceptors (Lipinski definition) is 4. The molecule has 0 amide bonds. The first-order chi connectivity index (χ1) is 7.33. The van der Waals surface area contributed by atoms with Crippen LogP contribution in [0.5, 0.6) is 0 Å². The molecule has 1 aliphatic heterocycles. The summed E-state index contributed by atoms with van der Waals surface area (Å²) in [5, 5.41) is 8.63. The summed E-state index contributed by atoms with van der Waals surface area (Å²) in [4.78, 5) is 6.33. The fraction of sp³-hybridized carbons (Fsp3) is 0.455. The van der Waals surface area contributed by atoms with Gasteiger partial charge in [-0.3, -0.25) is 0 Å². The number of nitrogens with zero attached hydrogens (tertiary/aromatic N) is 3. The maximum atomic E-state index is 8.63. The Morgan fingerprint density at radius 1 is 1.60 bits per heavy atom. The van der Waals surface area contributed by atoms with Gasteiger partial charge in [-0.25, -0.2) is 4.98 Å². The Bertz CT molecular complexity index is 365. The Labute approximate surface area is 89.3 Å². The van der Waals surface area contributed by atoms with E-state index in [9.17, 15) is 0 Å². The highest BCUT2D eigenvalue weighted by molar-refractivity contribution is 5.46. The van der Waals surface area contributed by atoms with Crippen LogP contribution in [-0.2, 0) is 0 Å². The molecule has 1 aromatic heterocycles. The average Bonchev–Trinajstić information content (AvgIpc) is 2.78. The summed E-state index contributed by atoms with van der Waals surface area (Å²) in [5.41, 5.74) is 7.19. The number of nitrogens with two attached hydrogens (primary N) is 1. The summed E-state index contributed by atoms with van der Waals surface area (Å²) in [5.74, 6) is 0.598. The zero-order chi connectivity index (χ0) is 10.7. The van der Waals surface area contributed by atoms with E-state index in [4.69, 9.17) is 11.0 Å². The van der Waals surface area contributed by atoms with E-state index in [1.807, 2.05) is 12.1 Å². The van der Waals surface area contributed by atoms with Gasteiger partial charge in [-0.15, -0.1) is 0 Å². The van der Waals surface area contributed by atoms with Crippen molar-refractivity contribution in [3.63, 3.8) is 0 Å². The highest BCUT2D eigenvalue weighted by Gasteiger charge is 2.21. The molecule has 1 aliphatic rings. The maximum absolute atomic E-state index is 8.63. The van der Waals surface area contributed by atoms with Crippen LogP contribution in [0.1, 0.15) is 12.1 Å². The van der Waals surface area contributed by atoms with Crippen LogP contribution in [0.25, 0.3) is 0 Å². The van der Waals surface area contributed by atoms with E-state index in [0.717, 1.165) is 31.7 Å². The molecular weight excluding hydrogens is 188 g/mol. The van der Waals surface area contributed by atoms with E-state index in [0.29, 0.717) is 11.6 Å². The summed E-state index contributed by atoms with van der Waals surface area (Å²) >= 11 is 0. The third-order valence-electron chi connectivity index (χ3n) is 2.85. The normalized spacial score (nSPS) is 20.3. The predicted molar refractivity (Wildman–Crippen MR) is 58.3 cm³/mol. The maximum Gasteiger partial charge on any atom is 0.140 e. The summed E-state index contributed by atoms with van der Waals surface area (Å²) < 4.78 is 0. The lowest BCUT2D eigenvalue weighted by Crippen LogP contribution is -2.22. The molecule has 4 nitrogen and oxygen atoms in total.